The van der Waals surface area contributed by atoms with Gasteiger partial charge in [-0.15, -0.1) is 0 Å². The molecular formula is C12H20N2O3. The van der Waals surface area contributed by atoms with Gasteiger partial charge in [0.05, 0.1) is 13.2 Å². The molecule has 1 aromatic rings. The molecule has 1 heterocycles. The Bertz CT molecular complexity index is 334. The maximum absolute atomic E-state index is 9.13. The first-order valence-electron chi connectivity index (χ1n) is 6.28. The standard InChI is InChI=1S/C12H20N2O3/c15-7-6-14(11-4-2-1-3-5-11)12-13-10(8-16)9-17-12/h9,11,15-16H,1-8H2. The second-order valence-corrected chi connectivity index (χ2v) is 4.49. The van der Waals surface area contributed by atoms with Crippen LogP contribution in [0.1, 0.15) is 37.8 Å². The zero-order chi connectivity index (χ0) is 12.1. The van der Waals surface area contributed by atoms with Crippen LogP contribution in [0.5, 0.6) is 0 Å². The van der Waals surface area contributed by atoms with Crippen LogP contribution in [0.25, 0.3) is 0 Å². The maximum atomic E-state index is 9.13. The van der Waals surface area contributed by atoms with Crippen LogP contribution in [0.3, 0.4) is 0 Å². The molecule has 96 valence electrons. The largest absolute Gasteiger partial charge is 0.432 e. The molecule has 0 radical (unpaired) electrons. The fraction of sp³-hybridized carbons (Fsp3) is 0.750. The van der Waals surface area contributed by atoms with Gasteiger partial charge >= 0.3 is 0 Å². The van der Waals surface area contributed by atoms with Crippen molar-refractivity contribution in [3.8, 4) is 0 Å². The molecule has 0 amide bonds. The van der Waals surface area contributed by atoms with Gasteiger partial charge < -0.3 is 19.5 Å². The average Bonchev–Trinajstić information content (AvgIpc) is 2.85. The molecule has 0 bridgehead atoms. The SMILES string of the molecule is OCCN(c1nc(CO)co1)C1CCCCC1. The van der Waals surface area contributed by atoms with Crippen LogP contribution in [0.4, 0.5) is 6.01 Å². The third-order valence-electron chi connectivity index (χ3n) is 3.30. The number of oxazole rings is 1. The van der Waals surface area contributed by atoms with Crippen molar-refractivity contribution in [3.05, 3.63) is 12.0 Å². The predicted octanol–water partition coefficient (Wildman–Crippen LogP) is 1.30. The molecule has 1 fully saturated rings. The van der Waals surface area contributed by atoms with Gasteiger partial charge in [0.1, 0.15) is 12.0 Å². The maximum Gasteiger partial charge on any atom is 0.297 e. The summed E-state index contributed by atoms with van der Waals surface area (Å²) < 4.78 is 5.37. The Hall–Kier alpha value is -1.07. The zero-order valence-electron chi connectivity index (χ0n) is 10.0. The molecule has 0 unspecified atom stereocenters. The van der Waals surface area contributed by atoms with Crippen LogP contribution in [0.15, 0.2) is 10.7 Å². The summed E-state index contributed by atoms with van der Waals surface area (Å²) in [4.78, 5) is 6.25. The molecule has 0 atom stereocenters. The number of anilines is 1. The van der Waals surface area contributed by atoms with E-state index < -0.39 is 0 Å². The van der Waals surface area contributed by atoms with Crippen molar-refractivity contribution in [1.29, 1.82) is 0 Å². The van der Waals surface area contributed by atoms with Gasteiger partial charge in [0.15, 0.2) is 0 Å². The van der Waals surface area contributed by atoms with Crippen molar-refractivity contribution < 1.29 is 14.6 Å². The van der Waals surface area contributed by atoms with Crippen LogP contribution in [-0.4, -0.2) is 34.4 Å². The second kappa shape index (κ2) is 6.02. The zero-order valence-corrected chi connectivity index (χ0v) is 10.0. The van der Waals surface area contributed by atoms with E-state index in [1.165, 1.54) is 25.5 Å². The Morgan fingerprint density at radius 2 is 2.06 bits per heavy atom. The van der Waals surface area contributed by atoms with Gasteiger partial charge in [-0.1, -0.05) is 19.3 Å². The van der Waals surface area contributed by atoms with Crippen LogP contribution in [0, 0.1) is 0 Å². The van der Waals surface area contributed by atoms with E-state index in [-0.39, 0.29) is 13.2 Å². The van der Waals surface area contributed by atoms with Crippen LogP contribution in [-0.2, 0) is 6.61 Å². The van der Waals surface area contributed by atoms with Gasteiger partial charge in [-0.05, 0) is 12.8 Å². The molecule has 2 N–H and O–H groups in total. The van der Waals surface area contributed by atoms with E-state index in [0.717, 1.165) is 12.8 Å². The Kier molecular flexibility index (Phi) is 4.39. The Morgan fingerprint density at radius 1 is 1.29 bits per heavy atom. The summed E-state index contributed by atoms with van der Waals surface area (Å²) in [5.41, 5.74) is 0.541. The first-order valence-corrected chi connectivity index (χ1v) is 6.28. The van der Waals surface area contributed by atoms with E-state index in [9.17, 15) is 0 Å². The first-order chi connectivity index (χ1) is 8.35. The number of nitrogens with zero attached hydrogens (tertiary/aromatic N) is 2. The smallest absolute Gasteiger partial charge is 0.297 e. The third-order valence-corrected chi connectivity index (χ3v) is 3.30. The Balaban J connectivity index is 2.09. The van der Waals surface area contributed by atoms with Crippen molar-refractivity contribution >= 4 is 6.01 Å². The number of hydrogen-bond acceptors (Lipinski definition) is 5. The second-order valence-electron chi connectivity index (χ2n) is 4.49. The molecule has 17 heavy (non-hydrogen) atoms. The van der Waals surface area contributed by atoms with Gasteiger partial charge in [-0.3, -0.25) is 0 Å². The van der Waals surface area contributed by atoms with Crippen molar-refractivity contribution in [3.63, 3.8) is 0 Å². The van der Waals surface area contributed by atoms with Gasteiger partial charge in [-0.2, -0.15) is 4.98 Å². The number of aliphatic hydroxyl groups is 2. The van der Waals surface area contributed by atoms with E-state index in [4.69, 9.17) is 14.6 Å². The van der Waals surface area contributed by atoms with Gasteiger partial charge in [0.25, 0.3) is 6.01 Å². The molecule has 0 aliphatic heterocycles. The molecular weight excluding hydrogens is 220 g/mol. The lowest BCUT2D eigenvalue weighted by Gasteiger charge is -2.32. The minimum absolute atomic E-state index is 0.0906. The lowest BCUT2D eigenvalue weighted by molar-refractivity contribution is 0.276. The van der Waals surface area contributed by atoms with Crippen LogP contribution < -0.4 is 4.90 Å². The van der Waals surface area contributed by atoms with Crippen LogP contribution in [0.2, 0.25) is 0 Å². The lowest BCUT2D eigenvalue weighted by Crippen LogP contribution is -2.39. The summed E-state index contributed by atoms with van der Waals surface area (Å²) >= 11 is 0. The fourth-order valence-corrected chi connectivity index (χ4v) is 2.44. The molecule has 0 spiro atoms. The topological polar surface area (TPSA) is 69.7 Å². The molecule has 0 aromatic carbocycles. The highest BCUT2D eigenvalue weighted by Crippen LogP contribution is 2.26. The molecule has 1 aliphatic rings. The normalized spacial score (nSPS) is 17.3. The van der Waals surface area contributed by atoms with Gasteiger partial charge in [0.2, 0.25) is 0 Å². The summed E-state index contributed by atoms with van der Waals surface area (Å²) in [5, 5.41) is 18.1. The minimum atomic E-state index is -0.110. The molecule has 1 saturated carbocycles. The lowest BCUT2D eigenvalue weighted by atomic mass is 9.94. The summed E-state index contributed by atoms with van der Waals surface area (Å²) in [6, 6.07) is 0.927. The summed E-state index contributed by atoms with van der Waals surface area (Å²) in [6.07, 6.45) is 7.45. The highest BCUT2D eigenvalue weighted by Gasteiger charge is 2.24. The molecule has 0 saturated heterocycles. The van der Waals surface area contributed by atoms with E-state index in [2.05, 4.69) is 4.98 Å². The summed E-state index contributed by atoms with van der Waals surface area (Å²) in [6.45, 7) is 0.518. The van der Waals surface area contributed by atoms with E-state index in [1.54, 1.807) is 0 Å². The highest BCUT2D eigenvalue weighted by molar-refractivity contribution is 5.29. The third kappa shape index (κ3) is 2.98. The average molecular weight is 240 g/mol. The first kappa shape index (κ1) is 12.4. The van der Waals surface area contributed by atoms with Crippen molar-refractivity contribution in [2.24, 2.45) is 0 Å². The number of hydrogen-bond donors (Lipinski definition) is 2. The van der Waals surface area contributed by atoms with Crippen molar-refractivity contribution in [1.82, 2.24) is 4.98 Å². The van der Waals surface area contributed by atoms with Gasteiger partial charge in [-0.25, -0.2) is 0 Å². The molecule has 5 heteroatoms. The van der Waals surface area contributed by atoms with E-state index >= 15 is 0 Å². The number of aromatic nitrogens is 1. The molecule has 1 aromatic heterocycles. The monoisotopic (exact) mass is 240 g/mol. The van der Waals surface area contributed by atoms with E-state index in [1.807, 2.05) is 4.90 Å². The number of rotatable bonds is 5. The minimum Gasteiger partial charge on any atom is -0.432 e. The van der Waals surface area contributed by atoms with Crippen molar-refractivity contribution in [2.75, 3.05) is 18.1 Å². The Morgan fingerprint density at radius 3 is 2.65 bits per heavy atom. The van der Waals surface area contributed by atoms with Gasteiger partial charge in [0, 0.05) is 12.6 Å². The summed E-state index contributed by atoms with van der Waals surface area (Å²) in [7, 11) is 0. The Labute approximate surface area is 101 Å². The number of aliphatic hydroxyl groups excluding tert-OH is 2. The van der Waals surface area contributed by atoms with Crippen molar-refractivity contribution in [2.45, 2.75) is 44.8 Å². The fourth-order valence-electron chi connectivity index (χ4n) is 2.44. The molecule has 5 nitrogen and oxygen atoms in total. The quantitative estimate of drug-likeness (QED) is 0.811. The molecule has 2 rings (SSSR count). The van der Waals surface area contributed by atoms with E-state index in [0.29, 0.717) is 24.3 Å². The molecule has 1 aliphatic carbocycles. The van der Waals surface area contributed by atoms with Crippen LogP contribution >= 0.6 is 0 Å². The summed E-state index contributed by atoms with van der Waals surface area (Å²) in [5.74, 6) is 0. The predicted molar refractivity (Wildman–Crippen MR) is 63.7 cm³/mol. The highest BCUT2D eigenvalue weighted by atomic mass is 16.4.